The van der Waals surface area contributed by atoms with Gasteiger partial charge in [0.25, 0.3) is 5.91 Å². The van der Waals surface area contributed by atoms with Crippen LogP contribution in [-0.4, -0.2) is 52.5 Å². The van der Waals surface area contributed by atoms with Gasteiger partial charge in [-0.05, 0) is 37.6 Å². The number of nitrogens with one attached hydrogen (secondary N) is 1. The molecule has 3 rings (SSSR count). The molecule has 0 unspecified atom stereocenters. The Morgan fingerprint density at radius 2 is 2.00 bits per heavy atom. The third kappa shape index (κ3) is 5.18. The number of halogens is 1. The van der Waals surface area contributed by atoms with Crippen molar-refractivity contribution in [3.05, 3.63) is 39.2 Å². The van der Waals surface area contributed by atoms with E-state index >= 15 is 0 Å². The fourth-order valence-corrected chi connectivity index (χ4v) is 5.25. The van der Waals surface area contributed by atoms with E-state index in [4.69, 9.17) is 26.8 Å². The Balaban J connectivity index is 1.81. The summed E-state index contributed by atoms with van der Waals surface area (Å²) in [5.41, 5.74) is 6.52. The molecule has 3 N–H and O–H groups in total. The van der Waals surface area contributed by atoms with Crippen molar-refractivity contribution >= 4 is 57.5 Å². The van der Waals surface area contributed by atoms with E-state index in [2.05, 4.69) is 15.5 Å². The molecule has 180 valence electrons. The first kappa shape index (κ1) is 25.5. The van der Waals surface area contributed by atoms with E-state index in [0.717, 1.165) is 11.3 Å². The molecule has 0 fully saturated rings. The SMILES string of the molecule is CCn1c(SCC(=O)Nc2sc(C(N)=O)c(C)c2C(=O)OC)nnc1-c1cc(Cl)ccc1OC. The van der Waals surface area contributed by atoms with Crippen LogP contribution in [-0.2, 0) is 16.1 Å². The smallest absolute Gasteiger partial charge is 0.341 e. The van der Waals surface area contributed by atoms with Crippen LogP contribution >= 0.6 is 34.7 Å². The van der Waals surface area contributed by atoms with E-state index in [1.165, 1.54) is 18.9 Å². The van der Waals surface area contributed by atoms with Gasteiger partial charge in [0.2, 0.25) is 5.91 Å². The second kappa shape index (κ2) is 10.9. The molecule has 2 heterocycles. The second-order valence-corrected chi connectivity index (χ2v) is 9.25. The predicted octanol–water partition coefficient (Wildman–Crippen LogP) is 3.61. The molecule has 3 aromatic rings. The zero-order valence-electron chi connectivity index (χ0n) is 18.8. The van der Waals surface area contributed by atoms with Crippen molar-refractivity contribution in [2.24, 2.45) is 5.73 Å². The van der Waals surface area contributed by atoms with E-state index in [1.807, 2.05) is 11.5 Å². The van der Waals surface area contributed by atoms with Crippen LogP contribution in [0.3, 0.4) is 0 Å². The first-order chi connectivity index (χ1) is 16.2. The maximum absolute atomic E-state index is 12.7. The Bertz CT molecular complexity index is 1260. The van der Waals surface area contributed by atoms with Crippen LogP contribution in [0.15, 0.2) is 23.4 Å². The highest BCUT2D eigenvalue weighted by Crippen LogP contribution is 2.35. The molecule has 2 aromatic heterocycles. The van der Waals surface area contributed by atoms with Crippen molar-refractivity contribution in [2.45, 2.75) is 25.5 Å². The summed E-state index contributed by atoms with van der Waals surface area (Å²) in [6, 6.07) is 5.20. The minimum atomic E-state index is -0.692. The number of aromatic nitrogens is 3. The maximum atomic E-state index is 12.7. The molecule has 0 spiro atoms. The van der Waals surface area contributed by atoms with Gasteiger partial charge in [-0.1, -0.05) is 23.4 Å². The van der Waals surface area contributed by atoms with Crippen LogP contribution in [0.5, 0.6) is 5.75 Å². The summed E-state index contributed by atoms with van der Waals surface area (Å²) in [5.74, 6) is -0.640. The maximum Gasteiger partial charge on any atom is 0.341 e. The lowest BCUT2D eigenvalue weighted by atomic mass is 10.1. The number of esters is 1. The predicted molar refractivity (Wildman–Crippen MR) is 131 cm³/mol. The van der Waals surface area contributed by atoms with E-state index in [9.17, 15) is 14.4 Å². The van der Waals surface area contributed by atoms with Gasteiger partial charge in [-0.25, -0.2) is 4.79 Å². The Morgan fingerprint density at radius 3 is 2.62 bits per heavy atom. The van der Waals surface area contributed by atoms with Crippen LogP contribution < -0.4 is 15.8 Å². The molecule has 0 bridgehead atoms. The van der Waals surface area contributed by atoms with Gasteiger partial charge in [0.15, 0.2) is 11.0 Å². The van der Waals surface area contributed by atoms with Crippen molar-refractivity contribution in [3.8, 4) is 17.1 Å². The molecule has 0 atom stereocenters. The Kier molecular flexibility index (Phi) is 8.18. The zero-order chi connectivity index (χ0) is 25.0. The van der Waals surface area contributed by atoms with E-state index < -0.39 is 17.8 Å². The average Bonchev–Trinajstić information content (AvgIpc) is 3.37. The standard InChI is InChI=1S/C21H22ClN5O5S2/c1-5-27-18(12-8-11(22)6-7-13(12)31-3)25-26-21(27)33-9-14(28)24-19-15(20(30)32-4)10(2)16(34-19)17(23)29/h6-8H,5,9H2,1-4H3,(H2,23,29)(H,24,28). The third-order valence-electron chi connectivity index (χ3n) is 4.78. The Hall–Kier alpha value is -3.09. The van der Waals surface area contributed by atoms with Gasteiger partial charge >= 0.3 is 5.97 Å². The minimum Gasteiger partial charge on any atom is -0.496 e. The molecule has 0 saturated carbocycles. The molecule has 1 aromatic carbocycles. The molecule has 34 heavy (non-hydrogen) atoms. The number of rotatable bonds is 9. The van der Waals surface area contributed by atoms with Gasteiger partial charge in [-0.2, -0.15) is 0 Å². The van der Waals surface area contributed by atoms with Crippen molar-refractivity contribution in [3.63, 3.8) is 0 Å². The number of ether oxygens (including phenoxy) is 2. The van der Waals surface area contributed by atoms with Crippen LogP contribution in [0.25, 0.3) is 11.4 Å². The number of anilines is 1. The second-order valence-electron chi connectivity index (χ2n) is 6.85. The number of carbonyl (C=O) groups is 3. The number of amides is 2. The molecule has 13 heteroatoms. The van der Waals surface area contributed by atoms with Crippen LogP contribution in [0.4, 0.5) is 5.00 Å². The molecular weight excluding hydrogens is 502 g/mol. The van der Waals surface area contributed by atoms with Gasteiger partial charge in [0.1, 0.15) is 10.8 Å². The highest BCUT2D eigenvalue weighted by Gasteiger charge is 2.25. The van der Waals surface area contributed by atoms with Crippen molar-refractivity contribution in [2.75, 3.05) is 25.3 Å². The van der Waals surface area contributed by atoms with E-state index in [1.54, 1.807) is 32.2 Å². The van der Waals surface area contributed by atoms with Crippen LogP contribution in [0.1, 0.15) is 32.5 Å². The van der Waals surface area contributed by atoms with Crippen LogP contribution in [0, 0.1) is 6.92 Å². The number of primary amides is 1. The summed E-state index contributed by atoms with van der Waals surface area (Å²) in [5, 5.41) is 12.4. The number of hydrogen-bond donors (Lipinski definition) is 2. The lowest BCUT2D eigenvalue weighted by Crippen LogP contribution is -2.16. The number of thioether (sulfide) groups is 1. The number of thiophene rings is 1. The number of hydrogen-bond acceptors (Lipinski definition) is 9. The Labute approximate surface area is 208 Å². The average molecular weight is 524 g/mol. The lowest BCUT2D eigenvalue weighted by molar-refractivity contribution is -0.113. The van der Waals surface area contributed by atoms with E-state index in [-0.39, 0.29) is 21.2 Å². The minimum absolute atomic E-state index is 0.0196. The summed E-state index contributed by atoms with van der Waals surface area (Å²) < 4.78 is 12.0. The molecule has 0 aliphatic heterocycles. The zero-order valence-corrected chi connectivity index (χ0v) is 21.2. The lowest BCUT2D eigenvalue weighted by Gasteiger charge is -2.11. The molecule has 0 radical (unpaired) electrons. The number of benzene rings is 1. The summed E-state index contributed by atoms with van der Waals surface area (Å²) in [4.78, 5) is 36.7. The summed E-state index contributed by atoms with van der Waals surface area (Å²) in [6.45, 7) is 4.04. The van der Waals surface area contributed by atoms with Crippen molar-refractivity contribution < 1.29 is 23.9 Å². The first-order valence-electron chi connectivity index (χ1n) is 9.93. The van der Waals surface area contributed by atoms with Gasteiger partial charge < -0.3 is 25.1 Å². The van der Waals surface area contributed by atoms with Crippen molar-refractivity contribution in [1.82, 2.24) is 14.8 Å². The molecule has 10 nitrogen and oxygen atoms in total. The molecular formula is C21H22ClN5O5S2. The van der Waals surface area contributed by atoms with E-state index in [0.29, 0.717) is 39.4 Å². The largest absolute Gasteiger partial charge is 0.496 e. The normalized spacial score (nSPS) is 10.7. The summed E-state index contributed by atoms with van der Waals surface area (Å²) >= 11 is 8.25. The highest BCUT2D eigenvalue weighted by atomic mass is 35.5. The third-order valence-corrected chi connectivity index (χ3v) is 7.20. The molecule has 2 amide bonds. The summed E-state index contributed by atoms with van der Waals surface area (Å²) in [7, 11) is 2.77. The number of nitrogens with zero attached hydrogens (tertiary/aromatic N) is 3. The molecule has 0 aliphatic rings. The quantitative estimate of drug-likeness (QED) is 0.320. The highest BCUT2D eigenvalue weighted by molar-refractivity contribution is 7.99. The number of nitrogens with two attached hydrogens (primary N) is 1. The first-order valence-corrected chi connectivity index (χ1v) is 12.1. The van der Waals surface area contributed by atoms with Gasteiger partial charge in [0.05, 0.1) is 36.0 Å². The molecule has 0 aliphatic carbocycles. The molecule has 0 saturated heterocycles. The Morgan fingerprint density at radius 1 is 1.26 bits per heavy atom. The van der Waals surface area contributed by atoms with Crippen LogP contribution in [0.2, 0.25) is 5.02 Å². The van der Waals surface area contributed by atoms with Gasteiger partial charge in [-0.15, -0.1) is 21.5 Å². The topological polar surface area (TPSA) is 138 Å². The summed E-state index contributed by atoms with van der Waals surface area (Å²) in [6.07, 6.45) is 0. The number of carbonyl (C=O) groups excluding carboxylic acids is 3. The fourth-order valence-electron chi connectivity index (χ4n) is 3.21. The van der Waals surface area contributed by atoms with Gasteiger partial charge in [0, 0.05) is 11.6 Å². The van der Waals surface area contributed by atoms with Gasteiger partial charge in [-0.3, -0.25) is 9.59 Å². The van der Waals surface area contributed by atoms with Crippen molar-refractivity contribution in [1.29, 1.82) is 0 Å². The monoisotopic (exact) mass is 523 g/mol. The fraction of sp³-hybridized carbons (Fsp3) is 0.286. The number of methoxy groups -OCH3 is 2.